The maximum Gasteiger partial charge on any atom is 0.350 e. The smallest absolute Gasteiger partial charge is 0.280 e. The van der Waals surface area contributed by atoms with E-state index >= 15 is 0 Å². The molecular weight excluding hydrogens is 280 g/mol. The highest BCUT2D eigenvalue weighted by molar-refractivity contribution is 6.31. The third-order valence-corrected chi connectivity index (χ3v) is 3.57. The van der Waals surface area contributed by atoms with Gasteiger partial charge in [0.05, 0.1) is 5.69 Å². The van der Waals surface area contributed by atoms with Crippen LogP contribution in [-0.4, -0.2) is 18.7 Å². The average Bonchev–Trinajstić information content (AvgIpc) is 2.71. The van der Waals surface area contributed by atoms with Gasteiger partial charge in [-0.15, -0.1) is 5.10 Å². The van der Waals surface area contributed by atoms with Crippen molar-refractivity contribution in [3.63, 3.8) is 0 Å². The molecule has 0 spiro atoms. The highest BCUT2D eigenvalue weighted by Crippen LogP contribution is 2.18. The van der Waals surface area contributed by atoms with Gasteiger partial charge >= 0.3 is 11.2 Å². The first-order chi connectivity index (χ1) is 9.49. The summed E-state index contributed by atoms with van der Waals surface area (Å²) < 4.78 is 3.75. The molecule has 2 heterocycles. The number of halogens is 1. The summed E-state index contributed by atoms with van der Waals surface area (Å²) in [6.45, 7) is 1.89. The zero-order valence-electron chi connectivity index (χ0n) is 10.9. The lowest BCUT2D eigenvalue weighted by Crippen LogP contribution is -2.23. The van der Waals surface area contributed by atoms with Gasteiger partial charge < -0.3 is 0 Å². The molecule has 0 N–H and O–H groups in total. The third-order valence-electron chi connectivity index (χ3n) is 3.16. The highest BCUT2D eigenvalue weighted by Gasteiger charge is 2.11. The molecule has 7 heteroatoms. The van der Waals surface area contributed by atoms with Crippen LogP contribution in [0.5, 0.6) is 0 Å². The molecule has 20 heavy (non-hydrogen) atoms. The van der Waals surface area contributed by atoms with E-state index in [1.54, 1.807) is 12.1 Å². The van der Waals surface area contributed by atoms with Crippen LogP contribution in [0.3, 0.4) is 0 Å². The normalized spacial score (nSPS) is 11.2. The van der Waals surface area contributed by atoms with E-state index < -0.39 is 0 Å². The molecule has 0 aliphatic heterocycles. The monoisotopic (exact) mass is 290 g/mol. The van der Waals surface area contributed by atoms with Crippen LogP contribution in [0.1, 0.15) is 5.56 Å². The van der Waals surface area contributed by atoms with Gasteiger partial charge in [-0.1, -0.05) is 17.7 Å². The molecule has 0 aliphatic rings. The summed E-state index contributed by atoms with van der Waals surface area (Å²) in [5.41, 5.74) is 0.915. The topological polar surface area (TPSA) is 61.3 Å². The van der Waals surface area contributed by atoms with Crippen LogP contribution < -0.4 is 11.2 Å². The molecule has 0 atom stereocenters. The fraction of sp³-hybridized carbons (Fsp3) is 0.154. The predicted molar refractivity (Wildman–Crippen MR) is 75.8 cm³/mol. The number of hydrogen-bond donors (Lipinski definition) is 0. The highest BCUT2D eigenvalue weighted by atomic mass is 35.5. The second-order valence-corrected chi connectivity index (χ2v) is 4.91. The second kappa shape index (κ2) is 4.35. The van der Waals surface area contributed by atoms with Gasteiger partial charge in [0, 0.05) is 24.5 Å². The minimum absolute atomic E-state index is 0.0803. The molecular formula is C13H11ClN4O2. The van der Waals surface area contributed by atoms with Gasteiger partial charge in [0.25, 0.3) is 0 Å². The van der Waals surface area contributed by atoms with E-state index in [1.165, 1.54) is 28.4 Å². The molecule has 0 radical (unpaired) electrons. The first-order valence-electron chi connectivity index (χ1n) is 5.92. The third kappa shape index (κ3) is 1.77. The van der Waals surface area contributed by atoms with E-state index in [4.69, 9.17) is 11.6 Å². The van der Waals surface area contributed by atoms with Crippen molar-refractivity contribution in [2.75, 3.05) is 0 Å². The Morgan fingerprint density at radius 3 is 2.65 bits per heavy atom. The van der Waals surface area contributed by atoms with Crippen LogP contribution in [-0.2, 0) is 7.05 Å². The largest absolute Gasteiger partial charge is 0.350 e. The van der Waals surface area contributed by atoms with Crippen molar-refractivity contribution in [1.82, 2.24) is 18.7 Å². The summed E-state index contributed by atoms with van der Waals surface area (Å²) in [6, 6.07) is 5.33. The Hall–Kier alpha value is -2.34. The Bertz CT molecular complexity index is 936. The Morgan fingerprint density at radius 2 is 1.95 bits per heavy atom. The number of aryl methyl sites for hydroxylation is 2. The zero-order valence-corrected chi connectivity index (χ0v) is 11.6. The standard InChI is InChI=1S/C13H11ClN4O2/c1-8-3-4-9(7-10(8)14)17-5-6-18-11(12(17)19)15-16(2)13(18)20/h3-7H,1-2H3. The van der Waals surface area contributed by atoms with Crippen LogP contribution >= 0.6 is 11.6 Å². The predicted octanol–water partition coefficient (Wildman–Crippen LogP) is 1.15. The maximum absolute atomic E-state index is 12.4. The number of fused-ring (bicyclic) bond motifs is 1. The quantitative estimate of drug-likeness (QED) is 0.675. The molecule has 3 rings (SSSR count). The Balaban J connectivity index is 2.32. The molecule has 6 nitrogen and oxygen atoms in total. The summed E-state index contributed by atoms with van der Waals surface area (Å²) in [7, 11) is 1.50. The van der Waals surface area contributed by atoms with Gasteiger partial charge in [0.15, 0.2) is 0 Å². The molecule has 0 unspecified atom stereocenters. The van der Waals surface area contributed by atoms with Crippen molar-refractivity contribution in [1.29, 1.82) is 0 Å². The van der Waals surface area contributed by atoms with Gasteiger partial charge in [0.1, 0.15) is 0 Å². The molecule has 1 aromatic carbocycles. The van der Waals surface area contributed by atoms with Gasteiger partial charge in [-0.05, 0) is 24.6 Å². The molecule has 0 amide bonds. The first kappa shape index (κ1) is 12.7. The van der Waals surface area contributed by atoms with Crippen LogP contribution in [0, 0.1) is 6.92 Å². The van der Waals surface area contributed by atoms with E-state index in [1.807, 2.05) is 13.0 Å². The number of nitrogens with zero attached hydrogens (tertiary/aromatic N) is 4. The van der Waals surface area contributed by atoms with E-state index in [-0.39, 0.29) is 16.9 Å². The molecule has 0 fully saturated rings. The molecule has 3 aromatic rings. The molecule has 2 aromatic heterocycles. The Kier molecular flexibility index (Phi) is 2.76. The fourth-order valence-corrected chi connectivity index (χ4v) is 2.18. The lowest BCUT2D eigenvalue weighted by atomic mass is 10.2. The van der Waals surface area contributed by atoms with Crippen LogP contribution in [0.4, 0.5) is 0 Å². The van der Waals surface area contributed by atoms with Crippen molar-refractivity contribution in [3.8, 4) is 5.69 Å². The minimum atomic E-state index is -0.370. The van der Waals surface area contributed by atoms with E-state index in [9.17, 15) is 9.59 Å². The first-order valence-corrected chi connectivity index (χ1v) is 6.30. The summed E-state index contributed by atoms with van der Waals surface area (Å²) in [4.78, 5) is 24.1. The average molecular weight is 291 g/mol. The summed E-state index contributed by atoms with van der Waals surface area (Å²) in [5.74, 6) is 0. The summed E-state index contributed by atoms with van der Waals surface area (Å²) in [6.07, 6.45) is 3.04. The van der Waals surface area contributed by atoms with Gasteiger partial charge in [0.2, 0.25) is 5.65 Å². The maximum atomic E-state index is 12.4. The van der Waals surface area contributed by atoms with Gasteiger partial charge in [-0.2, -0.15) is 0 Å². The van der Waals surface area contributed by atoms with Crippen molar-refractivity contribution < 1.29 is 0 Å². The number of benzene rings is 1. The van der Waals surface area contributed by atoms with E-state index in [0.29, 0.717) is 10.7 Å². The second-order valence-electron chi connectivity index (χ2n) is 4.51. The molecule has 0 saturated carbocycles. The zero-order chi connectivity index (χ0) is 14.4. The minimum Gasteiger partial charge on any atom is -0.280 e. The molecule has 102 valence electrons. The number of rotatable bonds is 1. The van der Waals surface area contributed by atoms with Crippen LogP contribution in [0.2, 0.25) is 5.02 Å². The SMILES string of the molecule is Cc1ccc(-n2ccn3c(=O)n(C)nc3c2=O)cc1Cl. The van der Waals surface area contributed by atoms with Crippen molar-refractivity contribution >= 4 is 17.2 Å². The lowest BCUT2D eigenvalue weighted by Gasteiger charge is -2.07. The van der Waals surface area contributed by atoms with E-state index in [0.717, 1.165) is 10.2 Å². The summed E-state index contributed by atoms with van der Waals surface area (Å²) >= 11 is 6.07. The Morgan fingerprint density at radius 1 is 1.20 bits per heavy atom. The van der Waals surface area contributed by atoms with Gasteiger partial charge in [-0.3, -0.25) is 9.36 Å². The number of hydrogen-bond acceptors (Lipinski definition) is 3. The van der Waals surface area contributed by atoms with Gasteiger partial charge in [-0.25, -0.2) is 13.9 Å². The molecule has 0 bridgehead atoms. The molecule has 0 saturated heterocycles. The van der Waals surface area contributed by atoms with Crippen molar-refractivity contribution in [3.05, 3.63) is 62.0 Å². The van der Waals surface area contributed by atoms with Crippen LogP contribution in [0.15, 0.2) is 40.2 Å². The van der Waals surface area contributed by atoms with Crippen molar-refractivity contribution in [2.24, 2.45) is 7.05 Å². The lowest BCUT2D eigenvalue weighted by molar-refractivity contribution is 0.732. The Labute approximate surface area is 118 Å². The summed E-state index contributed by atoms with van der Waals surface area (Å²) in [5, 5.41) is 4.52. The van der Waals surface area contributed by atoms with Crippen molar-refractivity contribution in [2.45, 2.75) is 6.92 Å². The van der Waals surface area contributed by atoms with Crippen LogP contribution in [0.25, 0.3) is 11.3 Å². The number of aromatic nitrogens is 4. The van der Waals surface area contributed by atoms with E-state index in [2.05, 4.69) is 5.10 Å². The fourth-order valence-electron chi connectivity index (χ4n) is 2.00. The molecule has 0 aliphatic carbocycles.